The minimum absolute atomic E-state index is 1.13. The maximum absolute atomic E-state index is 2.51. The highest BCUT2D eigenvalue weighted by atomic mass is 15.0. The number of benzene rings is 9. The Labute approximate surface area is 329 Å². The van der Waals surface area contributed by atoms with E-state index in [1.165, 1.54) is 82.1 Å². The molecule has 0 aliphatic carbocycles. The van der Waals surface area contributed by atoms with Crippen LogP contribution in [0.15, 0.2) is 212 Å². The fraction of sp³-hybridized carbons (Fsp3) is 0. The van der Waals surface area contributed by atoms with Gasteiger partial charge in [-0.3, -0.25) is 0 Å². The lowest BCUT2D eigenvalue weighted by atomic mass is 9.94. The van der Waals surface area contributed by atoms with Crippen molar-refractivity contribution in [1.29, 1.82) is 0 Å². The summed E-state index contributed by atoms with van der Waals surface area (Å²) < 4.78 is 7.37. The molecule has 0 bridgehead atoms. The van der Waals surface area contributed by atoms with Gasteiger partial charge in [0.1, 0.15) is 0 Å². The van der Waals surface area contributed by atoms with Crippen molar-refractivity contribution >= 4 is 65.4 Å². The molecule has 266 valence electrons. The molecule has 12 aromatic rings. The van der Waals surface area contributed by atoms with E-state index in [4.69, 9.17) is 0 Å². The van der Waals surface area contributed by atoms with Gasteiger partial charge in [-0.1, -0.05) is 158 Å². The molecular weight excluding hydrogens is 691 g/mol. The number of hydrogen-bond acceptors (Lipinski definition) is 0. The van der Waals surface area contributed by atoms with E-state index in [9.17, 15) is 0 Å². The van der Waals surface area contributed by atoms with Gasteiger partial charge < -0.3 is 13.7 Å². The highest BCUT2D eigenvalue weighted by Gasteiger charge is 2.23. The normalized spacial score (nSPS) is 11.9. The highest BCUT2D eigenvalue weighted by molar-refractivity contribution is 6.13. The summed E-state index contributed by atoms with van der Waals surface area (Å²) in [5, 5.41) is 7.50. The van der Waals surface area contributed by atoms with E-state index in [1.54, 1.807) is 0 Å². The molecule has 0 aliphatic heterocycles. The largest absolute Gasteiger partial charge is 0.309 e. The fourth-order valence-corrected chi connectivity index (χ4v) is 9.49. The minimum Gasteiger partial charge on any atom is -0.309 e. The van der Waals surface area contributed by atoms with Gasteiger partial charge in [-0.05, 0) is 60.2 Å². The summed E-state index contributed by atoms with van der Waals surface area (Å²) in [4.78, 5) is 0. The first-order valence-corrected chi connectivity index (χ1v) is 19.6. The Kier molecular flexibility index (Phi) is 6.93. The molecule has 0 saturated carbocycles. The molecule has 0 N–H and O–H groups in total. The van der Waals surface area contributed by atoms with Crippen LogP contribution in [-0.4, -0.2) is 13.7 Å². The molecule has 12 rings (SSSR count). The van der Waals surface area contributed by atoms with E-state index in [1.807, 2.05) is 0 Å². The van der Waals surface area contributed by atoms with E-state index < -0.39 is 0 Å². The molecule has 0 spiro atoms. The Morgan fingerprint density at radius 2 is 0.614 bits per heavy atom. The lowest BCUT2D eigenvalue weighted by Gasteiger charge is -2.22. The molecule has 3 heterocycles. The second-order valence-electron chi connectivity index (χ2n) is 14.9. The van der Waals surface area contributed by atoms with E-state index in [0.29, 0.717) is 0 Å². The molecule has 3 heteroatoms. The Morgan fingerprint density at radius 3 is 1.12 bits per heavy atom. The second-order valence-corrected chi connectivity index (χ2v) is 14.9. The lowest BCUT2D eigenvalue weighted by Crippen LogP contribution is -2.03. The summed E-state index contributed by atoms with van der Waals surface area (Å²) in [6.07, 6.45) is 0. The van der Waals surface area contributed by atoms with Crippen LogP contribution < -0.4 is 0 Å². The van der Waals surface area contributed by atoms with Crippen LogP contribution in [0.2, 0.25) is 0 Å². The first-order valence-electron chi connectivity index (χ1n) is 19.6. The summed E-state index contributed by atoms with van der Waals surface area (Å²) in [5.74, 6) is 0. The van der Waals surface area contributed by atoms with Crippen LogP contribution in [0.4, 0.5) is 0 Å². The zero-order valence-corrected chi connectivity index (χ0v) is 31.0. The van der Waals surface area contributed by atoms with Crippen molar-refractivity contribution < 1.29 is 0 Å². The third kappa shape index (κ3) is 4.66. The van der Waals surface area contributed by atoms with Gasteiger partial charge in [0.05, 0.1) is 44.5 Å². The van der Waals surface area contributed by atoms with Crippen LogP contribution in [0.25, 0.3) is 105 Å². The first-order chi connectivity index (χ1) is 28.3. The standard InChI is InChI=1S/C54H35N3/c1-8-28-47-39(19-1)40-20-2-9-29-48(40)55(47)37-18-15-17-36(35-37)38-26-16-27-46(54(38)57-52-33-13-5-23-43(52)44-24-6-14-34-53(44)57)45-25-7-12-32-51(45)56-49-30-10-3-21-41(49)42-22-4-11-31-50(42)56/h1-35H. The van der Waals surface area contributed by atoms with Crippen LogP contribution in [0.5, 0.6) is 0 Å². The van der Waals surface area contributed by atoms with Crippen LogP contribution in [-0.2, 0) is 0 Å². The molecule has 0 fully saturated rings. The summed E-state index contributed by atoms with van der Waals surface area (Å²) in [7, 11) is 0. The van der Waals surface area contributed by atoms with Gasteiger partial charge in [-0.15, -0.1) is 0 Å². The lowest BCUT2D eigenvalue weighted by molar-refractivity contribution is 1.16. The van der Waals surface area contributed by atoms with Gasteiger partial charge >= 0.3 is 0 Å². The van der Waals surface area contributed by atoms with Crippen molar-refractivity contribution in [3.05, 3.63) is 212 Å². The number of para-hydroxylation sites is 8. The van der Waals surface area contributed by atoms with E-state index >= 15 is 0 Å². The molecule has 3 aromatic heterocycles. The molecule has 0 saturated heterocycles. The molecule has 0 unspecified atom stereocenters. The number of nitrogens with zero attached hydrogens (tertiary/aromatic N) is 3. The Hall–Kier alpha value is -7.62. The fourth-order valence-electron chi connectivity index (χ4n) is 9.49. The topological polar surface area (TPSA) is 14.8 Å². The molecule has 9 aromatic carbocycles. The molecule has 0 radical (unpaired) electrons. The molecule has 57 heavy (non-hydrogen) atoms. The second kappa shape index (κ2) is 12.5. The van der Waals surface area contributed by atoms with Crippen molar-refractivity contribution in [2.45, 2.75) is 0 Å². The third-order valence-electron chi connectivity index (χ3n) is 11.9. The number of aromatic nitrogens is 3. The summed E-state index contributed by atoms with van der Waals surface area (Å²) in [5.41, 5.74) is 15.2. The molecule has 0 atom stereocenters. The Morgan fingerprint density at radius 1 is 0.246 bits per heavy atom. The number of rotatable bonds is 5. The molecule has 0 aliphatic rings. The van der Waals surface area contributed by atoms with Gasteiger partial charge in [0, 0.05) is 54.7 Å². The zero-order chi connectivity index (χ0) is 37.5. The van der Waals surface area contributed by atoms with Crippen molar-refractivity contribution in [3.63, 3.8) is 0 Å². The van der Waals surface area contributed by atoms with Gasteiger partial charge in [-0.2, -0.15) is 0 Å². The SMILES string of the molecule is c1cc(-c2cccc(-c3ccccc3-n3c4ccccc4c4ccccc43)c2-n2c3ccccc3c3ccccc32)cc(-n2c3ccccc3c3ccccc32)c1. The number of hydrogen-bond donors (Lipinski definition) is 0. The third-order valence-corrected chi connectivity index (χ3v) is 11.9. The van der Waals surface area contributed by atoms with Crippen molar-refractivity contribution in [2.24, 2.45) is 0 Å². The minimum atomic E-state index is 1.13. The van der Waals surface area contributed by atoms with Gasteiger partial charge in [0.2, 0.25) is 0 Å². The first kappa shape index (κ1) is 31.7. The highest BCUT2D eigenvalue weighted by Crippen LogP contribution is 2.44. The number of fused-ring (bicyclic) bond motifs is 9. The maximum atomic E-state index is 2.51. The van der Waals surface area contributed by atoms with Crippen LogP contribution >= 0.6 is 0 Å². The van der Waals surface area contributed by atoms with Crippen LogP contribution in [0.1, 0.15) is 0 Å². The van der Waals surface area contributed by atoms with E-state index in [2.05, 4.69) is 226 Å². The predicted molar refractivity (Wildman–Crippen MR) is 240 cm³/mol. The van der Waals surface area contributed by atoms with Crippen molar-refractivity contribution in [3.8, 4) is 39.3 Å². The van der Waals surface area contributed by atoms with Gasteiger partial charge in [0.25, 0.3) is 0 Å². The molecule has 0 amide bonds. The quantitative estimate of drug-likeness (QED) is 0.168. The van der Waals surface area contributed by atoms with E-state index in [-0.39, 0.29) is 0 Å². The van der Waals surface area contributed by atoms with Gasteiger partial charge in [0.15, 0.2) is 0 Å². The predicted octanol–water partition coefficient (Wildman–Crippen LogP) is 14.3. The zero-order valence-electron chi connectivity index (χ0n) is 31.0. The van der Waals surface area contributed by atoms with Crippen molar-refractivity contribution in [1.82, 2.24) is 13.7 Å². The monoisotopic (exact) mass is 725 g/mol. The summed E-state index contributed by atoms with van der Waals surface area (Å²) >= 11 is 0. The smallest absolute Gasteiger partial charge is 0.0619 e. The average Bonchev–Trinajstić information content (AvgIpc) is 3.92. The average molecular weight is 726 g/mol. The maximum Gasteiger partial charge on any atom is 0.0619 e. The Balaban J connectivity index is 1.18. The van der Waals surface area contributed by atoms with Crippen molar-refractivity contribution in [2.75, 3.05) is 0 Å². The molecular formula is C54H35N3. The van der Waals surface area contributed by atoms with Crippen LogP contribution in [0, 0.1) is 0 Å². The molecule has 3 nitrogen and oxygen atoms in total. The van der Waals surface area contributed by atoms with E-state index in [0.717, 1.165) is 22.6 Å². The Bertz CT molecular complexity index is 3380. The summed E-state index contributed by atoms with van der Waals surface area (Å²) in [6.45, 7) is 0. The van der Waals surface area contributed by atoms with Gasteiger partial charge in [-0.25, -0.2) is 0 Å². The van der Waals surface area contributed by atoms with Crippen LogP contribution in [0.3, 0.4) is 0 Å². The summed E-state index contributed by atoms with van der Waals surface area (Å²) in [6, 6.07) is 77.6.